The molecule has 106 valence electrons. The molecule has 0 aliphatic heterocycles. The number of hydrogen-bond donors (Lipinski definition) is 3. The fourth-order valence-corrected chi connectivity index (χ4v) is 1.77. The van der Waals surface area contributed by atoms with E-state index in [9.17, 15) is 9.59 Å². The summed E-state index contributed by atoms with van der Waals surface area (Å²) in [4.78, 5) is 22.8. The number of carbonyl (C=O) groups is 2. The minimum atomic E-state index is -0.618. The van der Waals surface area contributed by atoms with Gasteiger partial charge in [-0.05, 0) is 37.6 Å². The highest BCUT2D eigenvalue weighted by molar-refractivity contribution is 9.10. The third-order valence-electron chi connectivity index (χ3n) is 2.30. The average molecular weight is 351 g/mol. The summed E-state index contributed by atoms with van der Waals surface area (Å²) in [6.45, 7) is 3.36. The van der Waals surface area contributed by atoms with Crippen molar-refractivity contribution in [2.24, 2.45) is 5.73 Å². The zero-order valence-corrected chi connectivity index (χ0v) is 13.1. The fourth-order valence-electron chi connectivity index (χ4n) is 1.29. The molecule has 1 aromatic carbocycles. The molecule has 0 radical (unpaired) electrons. The molecule has 7 heteroatoms. The first-order valence-electron chi connectivity index (χ1n) is 5.49. The van der Waals surface area contributed by atoms with E-state index in [0.717, 1.165) is 15.7 Å². The van der Waals surface area contributed by atoms with Crippen LogP contribution in [0, 0.1) is 6.92 Å². The summed E-state index contributed by atoms with van der Waals surface area (Å²) in [6, 6.07) is 4.91. The summed E-state index contributed by atoms with van der Waals surface area (Å²) in [5.41, 5.74) is 7.03. The van der Waals surface area contributed by atoms with E-state index in [1.54, 1.807) is 13.0 Å². The molecule has 19 heavy (non-hydrogen) atoms. The number of nitrogens with two attached hydrogens (primary N) is 1. The Morgan fingerprint density at radius 2 is 2.05 bits per heavy atom. The first-order valence-corrected chi connectivity index (χ1v) is 6.28. The lowest BCUT2D eigenvalue weighted by Crippen LogP contribution is -2.41. The van der Waals surface area contributed by atoms with Gasteiger partial charge in [0.05, 0.1) is 12.6 Å². The van der Waals surface area contributed by atoms with Gasteiger partial charge in [-0.1, -0.05) is 15.9 Å². The highest BCUT2D eigenvalue weighted by atomic mass is 79.9. The van der Waals surface area contributed by atoms with Gasteiger partial charge in [-0.15, -0.1) is 12.4 Å². The van der Waals surface area contributed by atoms with Crippen LogP contribution in [0.3, 0.4) is 0 Å². The zero-order valence-electron chi connectivity index (χ0n) is 10.7. The minimum Gasteiger partial charge on any atom is -0.346 e. The van der Waals surface area contributed by atoms with Gasteiger partial charge in [-0.2, -0.15) is 0 Å². The molecule has 0 unspecified atom stereocenters. The van der Waals surface area contributed by atoms with Crippen LogP contribution in [0.5, 0.6) is 0 Å². The Hall–Kier alpha value is -1.11. The van der Waals surface area contributed by atoms with Crippen LogP contribution in [0.2, 0.25) is 0 Å². The Morgan fingerprint density at radius 3 is 2.58 bits per heavy atom. The summed E-state index contributed by atoms with van der Waals surface area (Å²) in [6.07, 6.45) is 0. The Morgan fingerprint density at radius 1 is 1.42 bits per heavy atom. The number of anilines is 1. The van der Waals surface area contributed by atoms with Crippen molar-refractivity contribution in [2.75, 3.05) is 11.9 Å². The monoisotopic (exact) mass is 349 g/mol. The predicted octanol–water partition coefficient (Wildman–Crippen LogP) is 1.58. The van der Waals surface area contributed by atoms with Crippen molar-refractivity contribution in [2.45, 2.75) is 19.9 Å². The van der Waals surface area contributed by atoms with E-state index in [1.807, 2.05) is 19.1 Å². The molecular formula is C12H17BrClN3O2. The van der Waals surface area contributed by atoms with Crippen molar-refractivity contribution < 1.29 is 9.59 Å². The molecule has 0 fully saturated rings. The quantitative estimate of drug-likeness (QED) is 0.771. The molecule has 0 saturated carbocycles. The van der Waals surface area contributed by atoms with Crippen molar-refractivity contribution in [1.29, 1.82) is 0 Å². The van der Waals surface area contributed by atoms with Crippen LogP contribution >= 0.6 is 28.3 Å². The summed E-state index contributed by atoms with van der Waals surface area (Å²) in [7, 11) is 0. The van der Waals surface area contributed by atoms with Gasteiger partial charge in [0, 0.05) is 10.2 Å². The van der Waals surface area contributed by atoms with Gasteiger partial charge in [0.15, 0.2) is 0 Å². The number of carbonyl (C=O) groups excluding carboxylic acids is 2. The van der Waals surface area contributed by atoms with Crippen LogP contribution in [0.1, 0.15) is 12.5 Å². The van der Waals surface area contributed by atoms with E-state index in [0.29, 0.717) is 0 Å². The minimum absolute atomic E-state index is 0. The lowest BCUT2D eigenvalue weighted by atomic mass is 10.2. The zero-order chi connectivity index (χ0) is 13.7. The molecule has 0 aliphatic carbocycles. The van der Waals surface area contributed by atoms with E-state index in [2.05, 4.69) is 26.6 Å². The standard InChI is InChI=1S/C12H16BrN3O2.ClH/c1-7-5-9(13)3-4-10(7)16-11(17)6-15-12(18)8(2)14;/h3-5,8H,6,14H2,1-2H3,(H,15,18)(H,16,17);1H/t8-;/m1./s1. The lowest BCUT2D eigenvalue weighted by Gasteiger charge is -2.10. The molecule has 0 spiro atoms. The molecule has 0 aromatic heterocycles. The van der Waals surface area contributed by atoms with Crippen LogP contribution in [0.15, 0.2) is 22.7 Å². The largest absolute Gasteiger partial charge is 0.346 e. The van der Waals surface area contributed by atoms with Gasteiger partial charge in [-0.25, -0.2) is 0 Å². The average Bonchev–Trinajstić information content (AvgIpc) is 2.29. The first-order chi connectivity index (χ1) is 8.40. The van der Waals surface area contributed by atoms with Crippen LogP contribution in [0.25, 0.3) is 0 Å². The maximum atomic E-state index is 11.6. The van der Waals surface area contributed by atoms with E-state index < -0.39 is 6.04 Å². The number of halogens is 2. The molecule has 1 atom stereocenters. The normalized spacial score (nSPS) is 11.2. The van der Waals surface area contributed by atoms with E-state index in [4.69, 9.17) is 5.73 Å². The molecule has 2 amide bonds. The second-order valence-corrected chi connectivity index (χ2v) is 4.93. The fraction of sp³-hybridized carbons (Fsp3) is 0.333. The van der Waals surface area contributed by atoms with Crippen LogP contribution in [0.4, 0.5) is 5.69 Å². The Bertz CT molecular complexity index is 466. The van der Waals surface area contributed by atoms with Crippen LogP contribution < -0.4 is 16.4 Å². The van der Waals surface area contributed by atoms with Gasteiger partial charge in [0.1, 0.15) is 0 Å². The maximum absolute atomic E-state index is 11.6. The Balaban J connectivity index is 0.00000324. The van der Waals surface area contributed by atoms with Crippen molar-refractivity contribution in [3.05, 3.63) is 28.2 Å². The molecule has 1 rings (SSSR count). The highest BCUT2D eigenvalue weighted by Crippen LogP contribution is 2.19. The number of amides is 2. The second-order valence-electron chi connectivity index (χ2n) is 4.01. The van der Waals surface area contributed by atoms with Gasteiger partial charge < -0.3 is 16.4 Å². The van der Waals surface area contributed by atoms with Crippen molar-refractivity contribution in [3.63, 3.8) is 0 Å². The smallest absolute Gasteiger partial charge is 0.243 e. The molecule has 0 aliphatic rings. The highest BCUT2D eigenvalue weighted by Gasteiger charge is 2.10. The van der Waals surface area contributed by atoms with Crippen LogP contribution in [-0.4, -0.2) is 24.4 Å². The number of aryl methyl sites for hydroxylation is 1. The number of rotatable bonds is 4. The summed E-state index contributed by atoms with van der Waals surface area (Å²) in [5.74, 6) is -0.632. The SMILES string of the molecule is Cc1cc(Br)ccc1NC(=O)CNC(=O)[C@@H](C)N.Cl. The van der Waals surface area contributed by atoms with E-state index >= 15 is 0 Å². The number of hydrogen-bond acceptors (Lipinski definition) is 3. The third kappa shape index (κ3) is 6.04. The van der Waals surface area contributed by atoms with Crippen molar-refractivity contribution in [3.8, 4) is 0 Å². The van der Waals surface area contributed by atoms with E-state index in [1.165, 1.54) is 0 Å². The molecule has 0 bridgehead atoms. The van der Waals surface area contributed by atoms with Gasteiger partial charge in [0.25, 0.3) is 0 Å². The molecule has 1 aromatic rings. The van der Waals surface area contributed by atoms with Gasteiger partial charge in [0.2, 0.25) is 11.8 Å². The number of nitrogens with one attached hydrogen (secondary N) is 2. The Kier molecular flexibility index (Phi) is 7.66. The Labute approximate surface area is 126 Å². The summed E-state index contributed by atoms with van der Waals surface area (Å²) >= 11 is 3.34. The molecule has 5 nitrogen and oxygen atoms in total. The summed E-state index contributed by atoms with van der Waals surface area (Å²) < 4.78 is 0.947. The van der Waals surface area contributed by atoms with Gasteiger partial charge >= 0.3 is 0 Å². The first kappa shape index (κ1) is 17.9. The van der Waals surface area contributed by atoms with E-state index in [-0.39, 0.29) is 30.8 Å². The molecule has 0 saturated heterocycles. The topological polar surface area (TPSA) is 84.2 Å². The van der Waals surface area contributed by atoms with Gasteiger partial charge in [-0.3, -0.25) is 9.59 Å². The van der Waals surface area contributed by atoms with Crippen LogP contribution in [-0.2, 0) is 9.59 Å². The second kappa shape index (κ2) is 8.14. The summed E-state index contributed by atoms with van der Waals surface area (Å²) in [5, 5.41) is 5.16. The lowest BCUT2D eigenvalue weighted by molar-refractivity contribution is -0.124. The maximum Gasteiger partial charge on any atom is 0.243 e. The molecule has 0 heterocycles. The predicted molar refractivity (Wildman–Crippen MR) is 81.4 cm³/mol. The van der Waals surface area contributed by atoms with Crippen molar-refractivity contribution >= 4 is 45.8 Å². The third-order valence-corrected chi connectivity index (χ3v) is 2.79. The number of benzene rings is 1. The van der Waals surface area contributed by atoms with Crippen molar-refractivity contribution in [1.82, 2.24) is 5.32 Å². The molecular weight excluding hydrogens is 334 g/mol. The molecule has 4 N–H and O–H groups in total.